The molecule has 0 atom stereocenters. The van der Waals surface area contributed by atoms with Crippen molar-refractivity contribution < 1.29 is 14.3 Å². The summed E-state index contributed by atoms with van der Waals surface area (Å²) in [5.41, 5.74) is 3.40. The fourth-order valence-electron chi connectivity index (χ4n) is 2.88. The highest BCUT2D eigenvalue weighted by Crippen LogP contribution is 2.36. The second kappa shape index (κ2) is 9.28. The maximum atomic E-state index is 12.4. The van der Waals surface area contributed by atoms with Crippen molar-refractivity contribution in [3.8, 4) is 17.6 Å². The van der Waals surface area contributed by atoms with Crippen LogP contribution in [0.15, 0.2) is 12.1 Å². The molecule has 0 aliphatic heterocycles. The van der Waals surface area contributed by atoms with Crippen molar-refractivity contribution in [2.45, 2.75) is 39.7 Å². The molecule has 1 N–H and O–H groups in total. The predicted octanol–water partition coefficient (Wildman–Crippen LogP) is 3.66. The second-order valence-corrected chi connectivity index (χ2v) is 6.42. The van der Waals surface area contributed by atoms with Gasteiger partial charge in [0.25, 0.3) is 0 Å². The van der Waals surface area contributed by atoms with E-state index in [1.165, 1.54) is 14.2 Å². The molecule has 0 unspecified atom stereocenters. The summed E-state index contributed by atoms with van der Waals surface area (Å²) in [6.07, 6.45) is 1.25. The second-order valence-electron chi connectivity index (χ2n) is 6.02. The summed E-state index contributed by atoms with van der Waals surface area (Å²) < 4.78 is 12.3. The number of ether oxygens (including phenoxy) is 2. The minimum Gasteiger partial charge on any atom is -0.495 e. The molecule has 0 saturated heterocycles. The highest BCUT2D eigenvalue weighted by molar-refractivity contribution is 6.32. The molecule has 2 rings (SSSR count). The van der Waals surface area contributed by atoms with Gasteiger partial charge in [-0.3, -0.25) is 9.48 Å². The molecule has 0 aliphatic carbocycles. The summed E-state index contributed by atoms with van der Waals surface area (Å²) in [6.45, 7) is 4.42. The Hall–Kier alpha value is -2.72. The Balaban J connectivity index is 2.07. The van der Waals surface area contributed by atoms with Crippen molar-refractivity contribution in [2.75, 3.05) is 19.5 Å². The number of carbonyl (C=O) groups is 1. The number of nitrogens with one attached hydrogen (secondary N) is 1. The Labute approximate surface area is 163 Å². The van der Waals surface area contributed by atoms with Crippen molar-refractivity contribution in [1.29, 1.82) is 5.26 Å². The number of aryl methyl sites for hydroxylation is 2. The number of methoxy groups -OCH3 is 2. The largest absolute Gasteiger partial charge is 0.495 e. The summed E-state index contributed by atoms with van der Waals surface area (Å²) in [7, 11) is 3.02. The molecule has 7 nitrogen and oxygen atoms in total. The molecule has 144 valence electrons. The summed E-state index contributed by atoms with van der Waals surface area (Å²) in [4.78, 5) is 12.4. The Morgan fingerprint density at radius 2 is 2.00 bits per heavy atom. The number of hydrogen-bond donors (Lipinski definition) is 1. The molecule has 0 radical (unpaired) electrons. The number of amides is 1. The van der Waals surface area contributed by atoms with Gasteiger partial charge in [0.15, 0.2) is 0 Å². The molecule has 8 heteroatoms. The summed E-state index contributed by atoms with van der Waals surface area (Å²) in [5.74, 6) is 0.769. The van der Waals surface area contributed by atoms with E-state index in [1.54, 1.807) is 12.1 Å². The van der Waals surface area contributed by atoms with Gasteiger partial charge >= 0.3 is 0 Å². The topological polar surface area (TPSA) is 89.2 Å². The lowest BCUT2D eigenvalue weighted by Crippen LogP contribution is -2.13. The third-order valence-electron chi connectivity index (χ3n) is 4.32. The fraction of sp³-hybridized carbons (Fsp3) is 0.421. The summed E-state index contributed by atoms with van der Waals surface area (Å²) >= 11 is 6.08. The number of anilines is 1. The van der Waals surface area contributed by atoms with E-state index in [0.29, 0.717) is 48.0 Å². The first kappa shape index (κ1) is 20.6. The fourth-order valence-corrected chi connectivity index (χ4v) is 3.11. The van der Waals surface area contributed by atoms with Crippen LogP contribution in [0.25, 0.3) is 0 Å². The van der Waals surface area contributed by atoms with Gasteiger partial charge in [-0.2, -0.15) is 10.4 Å². The van der Waals surface area contributed by atoms with Gasteiger partial charge in [0.1, 0.15) is 11.5 Å². The summed E-state index contributed by atoms with van der Waals surface area (Å²) in [5, 5.41) is 16.4. The zero-order valence-corrected chi connectivity index (χ0v) is 16.7. The lowest BCUT2D eigenvalue weighted by molar-refractivity contribution is -0.116. The van der Waals surface area contributed by atoms with E-state index in [0.717, 1.165) is 17.0 Å². The smallest absolute Gasteiger partial charge is 0.224 e. The van der Waals surface area contributed by atoms with Crippen LogP contribution in [-0.2, 0) is 17.8 Å². The third-order valence-corrected chi connectivity index (χ3v) is 4.61. The van der Waals surface area contributed by atoms with Crippen LogP contribution >= 0.6 is 11.6 Å². The van der Waals surface area contributed by atoms with E-state index in [-0.39, 0.29) is 5.91 Å². The van der Waals surface area contributed by atoms with Crippen LogP contribution in [0.1, 0.15) is 29.8 Å². The van der Waals surface area contributed by atoms with Gasteiger partial charge in [-0.15, -0.1) is 0 Å². The molecule has 0 saturated carbocycles. The monoisotopic (exact) mass is 390 g/mol. The molecule has 1 heterocycles. The van der Waals surface area contributed by atoms with Crippen molar-refractivity contribution in [1.82, 2.24) is 9.78 Å². The number of hydrogen-bond acceptors (Lipinski definition) is 5. The van der Waals surface area contributed by atoms with Crippen LogP contribution in [0.2, 0.25) is 5.02 Å². The van der Waals surface area contributed by atoms with Crippen LogP contribution < -0.4 is 14.8 Å². The van der Waals surface area contributed by atoms with Crippen molar-refractivity contribution in [3.63, 3.8) is 0 Å². The number of aromatic nitrogens is 2. The zero-order chi connectivity index (χ0) is 20.0. The zero-order valence-electron chi connectivity index (χ0n) is 15.9. The standard InChI is InChI=1S/C19H23ClN4O3/c1-12-14(13(2)24(23-12)9-5-8-21)6-7-19(25)22-16-11-17(26-3)15(20)10-18(16)27-4/h10-11H,5-7,9H2,1-4H3,(H,22,25). The first-order valence-corrected chi connectivity index (χ1v) is 8.90. The van der Waals surface area contributed by atoms with Crippen molar-refractivity contribution in [3.05, 3.63) is 34.1 Å². The van der Waals surface area contributed by atoms with Gasteiger partial charge in [-0.1, -0.05) is 11.6 Å². The van der Waals surface area contributed by atoms with E-state index in [1.807, 2.05) is 18.5 Å². The Bertz CT molecular complexity index is 871. The average molecular weight is 391 g/mol. The molecule has 0 bridgehead atoms. The molecule has 0 fully saturated rings. The Kier molecular flexibility index (Phi) is 7.08. The van der Waals surface area contributed by atoms with Crippen molar-refractivity contribution >= 4 is 23.2 Å². The Morgan fingerprint density at radius 3 is 2.63 bits per heavy atom. The number of nitrogens with zero attached hydrogens (tertiary/aromatic N) is 3. The van der Waals surface area contributed by atoms with Gasteiger partial charge in [-0.05, 0) is 25.8 Å². The molecular weight excluding hydrogens is 368 g/mol. The van der Waals surface area contributed by atoms with Gasteiger partial charge in [0, 0.05) is 24.2 Å². The summed E-state index contributed by atoms with van der Waals surface area (Å²) in [6, 6.07) is 5.35. The van der Waals surface area contributed by atoms with Crippen LogP contribution in [0.5, 0.6) is 11.5 Å². The highest BCUT2D eigenvalue weighted by Gasteiger charge is 2.15. The van der Waals surface area contributed by atoms with E-state index in [4.69, 9.17) is 26.3 Å². The molecule has 0 spiro atoms. The molecule has 1 aromatic carbocycles. The van der Waals surface area contributed by atoms with E-state index in [2.05, 4.69) is 16.5 Å². The van der Waals surface area contributed by atoms with Crippen LogP contribution in [-0.4, -0.2) is 29.9 Å². The number of rotatable bonds is 8. The predicted molar refractivity (Wildman–Crippen MR) is 103 cm³/mol. The molecule has 2 aromatic rings. The first-order valence-electron chi connectivity index (χ1n) is 8.52. The van der Waals surface area contributed by atoms with Gasteiger partial charge in [-0.25, -0.2) is 0 Å². The van der Waals surface area contributed by atoms with Gasteiger partial charge in [0.2, 0.25) is 5.91 Å². The number of carbonyl (C=O) groups excluding carboxylic acids is 1. The average Bonchev–Trinajstić information content (AvgIpc) is 2.92. The minimum absolute atomic E-state index is 0.152. The minimum atomic E-state index is -0.152. The van der Waals surface area contributed by atoms with Gasteiger partial charge in [0.05, 0.1) is 49.7 Å². The maximum absolute atomic E-state index is 12.4. The van der Waals surface area contributed by atoms with Crippen LogP contribution in [0.4, 0.5) is 5.69 Å². The van der Waals surface area contributed by atoms with E-state index < -0.39 is 0 Å². The van der Waals surface area contributed by atoms with Crippen molar-refractivity contribution in [2.24, 2.45) is 0 Å². The number of nitriles is 1. The quantitative estimate of drug-likeness (QED) is 0.743. The van der Waals surface area contributed by atoms with Gasteiger partial charge < -0.3 is 14.8 Å². The first-order chi connectivity index (χ1) is 12.9. The lowest BCUT2D eigenvalue weighted by atomic mass is 10.1. The lowest BCUT2D eigenvalue weighted by Gasteiger charge is -2.13. The number of halogens is 1. The normalized spacial score (nSPS) is 10.4. The van der Waals surface area contributed by atoms with Crippen LogP contribution in [0, 0.1) is 25.2 Å². The molecule has 0 aliphatic rings. The van der Waals surface area contributed by atoms with E-state index >= 15 is 0 Å². The molecule has 1 amide bonds. The Morgan fingerprint density at radius 1 is 1.30 bits per heavy atom. The van der Waals surface area contributed by atoms with Crippen LogP contribution in [0.3, 0.4) is 0 Å². The maximum Gasteiger partial charge on any atom is 0.224 e. The third kappa shape index (κ3) is 4.92. The van der Waals surface area contributed by atoms with E-state index in [9.17, 15) is 4.79 Å². The molecule has 1 aromatic heterocycles. The molecule has 27 heavy (non-hydrogen) atoms. The highest BCUT2D eigenvalue weighted by atomic mass is 35.5. The molecular formula is C19H23ClN4O3. The number of benzene rings is 1. The SMILES string of the molecule is COc1cc(NC(=O)CCc2c(C)nn(CCC#N)c2C)c(OC)cc1Cl.